The topological polar surface area (TPSA) is 64.0 Å². The molecule has 0 radical (unpaired) electrons. The SMILES string of the molecule is C=CCS(=O)(=O)NCCCn1ncc2ccccc21. The van der Waals surface area contributed by atoms with Crippen LogP contribution in [-0.4, -0.2) is 30.5 Å². The molecule has 0 bridgehead atoms. The first-order chi connectivity index (χ1) is 9.12. The van der Waals surface area contributed by atoms with E-state index in [2.05, 4.69) is 16.4 Å². The molecule has 102 valence electrons. The van der Waals surface area contributed by atoms with Crippen LogP contribution >= 0.6 is 0 Å². The van der Waals surface area contributed by atoms with Gasteiger partial charge in [-0.1, -0.05) is 24.3 Å². The number of hydrogen-bond acceptors (Lipinski definition) is 3. The van der Waals surface area contributed by atoms with Crippen molar-refractivity contribution in [2.24, 2.45) is 0 Å². The lowest BCUT2D eigenvalue weighted by atomic mass is 10.2. The Labute approximate surface area is 113 Å². The van der Waals surface area contributed by atoms with E-state index in [1.54, 1.807) is 0 Å². The highest BCUT2D eigenvalue weighted by Gasteiger charge is 2.06. The molecule has 0 unspecified atom stereocenters. The molecule has 0 saturated carbocycles. The van der Waals surface area contributed by atoms with E-state index < -0.39 is 10.0 Å². The number of rotatable bonds is 7. The van der Waals surface area contributed by atoms with Crippen molar-refractivity contribution < 1.29 is 8.42 Å². The van der Waals surface area contributed by atoms with Crippen LogP contribution in [0.4, 0.5) is 0 Å². The first-order valence-electron chi connectivity index (χ1n) is 6.11. The molecular weight excluding hydrogens is 262 g/mol. The molecule has 0 spiro atoms. The van der Waals surface area contributed by atoms with Gasteiger partial charge in [0.1, 0.15) is 0 Å². The van der Waals surface area contributed by atoms with Crippen LogP contribution in [0.2, 0.25) is 0 Å². The molecule has 1 heterocycles. The molecule has 1 aromatic heterocycles. The lowest BCUT2D eigenvalue weighted by molar-refractivity contribution is 0.562. The Morgan fingerprint density at radius 1 is 1.37 bits per heavy atom. The monoisotopic (exact) mass is 279 g/mol. The summed E-state index contributed by atoms with van der Waals surface area (Å²) in [6.45, 7) is 4.51. The summed E-state index contributed by atoms with van der Waals surface area (Å²) in [4.78, 5) is 0. The normalized spacial score (nSPS) is 11.8. The highest BCUT2D eigenvalue weighted by atomic mass is 32.2. The second kappa shape index (κ2) is 5.99. The minimum atomic E-state index is -3.21. The quantitative estimate of drug-likeness (QED) is 0.617. The summed E-state index contributed by atoms with van der Waals surface area (Å²) < 4.78 is 27.2. The Hall–Kier alpha value is -1.66. The maximum absolute atomic E-state index is 11.4. The molecule has 0 amide bonds. The van der Waals surface area contributed by atoms with Crippen LogP contribution in [0.15, 0.2) is 43.1 Å². The molecule has 0 fully saturated rings. The highest BCUT2D eigenvalue weighted by molar-refractivity contribution is 7.89. The molecule has 2 aromatic rings. The van der Waals surface area contributed by atoms with Gasteiger partial charge in [0.15, 0.2) is 0 Å². The van der Waals surface area contributed by atoms with Gasteiger partial charge in [-0.05, 0) is 12.5 Å². The fourth-order valence-corrected chi connectivity index (χ4v) is 2.76. The van der Waals surface area contributed by atoms with E-state index in [4.69, 9.17) is 0 Å². The van der Waals surface area contributed by atoms with Gasteiger partial charge in [0.05, 0.1) is 17.5 Å². The van der Waals surface area contributed by atoms with Gasteiger partial charge < -0.3 is 0 Å². The Kier molecular flexibility index (Phi) is 4.34. The summed E-state index contributed by atoms with van der Waals surface area (Å²) in [5.41, 5.74) is 1.07. The maximum atomic E-state index is 11.4. The highest BCUT2D eigenvalue weighted by Crippen LogP contribution is 2.12. The molecule has 19 heavy (non-hydrogen) atoms. The number of benzene rings is 1. The number of nitrogens with one attached hydrogen (secondary N) is 1. The fourth-order valence-electron chi connectivity index (χ4n) is 1.87. The number of fused-ring (bicyclic) bond motifs is 1. The summed E-state index contributed by atoms with van der Waals surface area (Å²) in [5.74, 6) is -0.0439. The zero-order valence-corrected chi connectivity index (χ0v) is 11.4. The van der Waals surface area contributed by atoms with Crippen molar-refractivity contribution in [3.63, 3.8) is 0 Å². The van der Waals surface area contributed by atoms with Crippen molar-refractivity contribution in [2.45, 2.75) is 13.0 Å². The van der Waals surface area contributed by atoms with Crippen LogP contribution in [0.3, 0.4) is 0 Å². The number of sulfonamides is 1. The van der Waals surface area contributed by atoms with E-state index in [0.717, 1.165) is 10.9 Å². The van der Waals surface area contributed by atoms with Crippen LogP contribution < -0.4 is 4.72 Å². The van der Waals surface area contributed by atoms with E-state index in [1.807, 2.05) is 35.1 Å². The Morgan fingerprint density at radius 3 is 2.95 bits per heavy atom. The molecule has 0 aliphatic rings. The predicted octanol–water partition coefficient (Wildman–Crippen LogP) is 1.53. The zero-order valence-electron chi connectivity index (χ0n) is 10.6. The smallest absolute Gasteiger partial charge is 0.215 e. The van der Waals surface area contributed by atoms with Crippen molar-refractivity contribution in [1.82, 2.24) is 14.5 Å². The van der Waals surface area contributed by atoms with Crippen LogP contribution in [0.1, 0.15) is 6.42 Å². The Balaban J connectivity index is 1.88. The summed E-state index contributed by atoms with van der Waals surface area (Å²) in [6.07, 6.45) is 3.89. The molecular formula is C13H17N3O2S. The van der Waals surface area contributed by atoms with Crippen LogP contribution in [-0.2, 0) is 16.6 Å². The molecule has 1 N–H and O–H groups in total. The predicted molar refractivity (Wildman–Crippen MR) is 76.3 cm³/mol. The van der Waals surface area contributed by atoms with E-state index >= 15 is 0 Å². The van der Waals surface area contributed by atoms with Crippen LogP contribution in [0.5, 0.6) is 0 Å². The number of aryl methyl sites for hydroxylation is 1. The number of hydrogen-bond donors (Lipinski definition) is 1. The number of nitrogens with zero attached hydrogens (tertiary/aromatic N) is 2. The minimum absolute atomic E-state index is 0.0439. The Bertz CT molecular complexity index is 661. The second-order valence-electron chi connectivity index (χ2n) is 4.24. The van der Waals surface area contributed by atoms with Crippen molar-refractivity contribution in [3.05, 3.63) is 43.1 Å². The fraction of sp³-hybridized carbons (Fsp3) is 0.308. The average molecular weight is 279 g/mol. The molecule has 0 atom stereocenters. The van der Waals surface area contributed by atoms with Gasteiger partial charge in [0.25, 0.3) is 0 Å². The summed E-state index contributed by atoms with van der Waals surface area (Å²) in [5, 5.41) is 5.38. The van der Waals surface area contributed by atoms with E-state index in [0.29, 0.717) is 19.5 Å². The summed E-state index contributed by atoms with van der Waals surface area (Å²) >= 11 is 0. The summed E-state index contributed by atoms with van der Waals surface area (Å²) in [6, 6.07) is 7.95. The third-order valence-electron chi connectivity index (χ3n) is 2.76. The third-order valence-corrected chi connectivity index (χ3v) is 4.08. The van der Waals surface area contributed by atoms with E-state index in [-0.39, 0.29) is 5.75 Å². The second-order valence-corrected chi connectivity index (χ2v) is 6.10. The molecule has 0 aliphatic carbocycles. The third kappa shape index (κ3) is 3.65. The minimum Gasteiger partial charge on any atom is -0.265 e. The average Bonchev–Trinajstić information content (AvgIpc) is 2.78. The standard InChI is InChI=1S/C13H17N3O2S/c1-2-10-19(17,18)15-8-5-9-16-13-7-4-3-6-12(13)11-14-16/h2-4,6-7,11,15H,1,5,8-10H2. The van der Waals surface area contributed by atoms with Crippen molar-refractivity contribution in [2.75, 3.05) is 12.3 Å². The molecule has 6 heteroatoms. The van der Waals surface area contributed by atoms with Crippen LogP contribution in [0, 0.1) is 0 Å². The van der Waals surface area contributed by atoms with E-state index in [9.17, 15) is 8.42 Å². The Morgan fingerprint density at radius 2 is 2.16 bits per heavy atom. The van der Waals surface area contributed by atoms with Gasteiger partial charge in [-0.2, -0.15) is 5.10 Å². The summed E-state index contributed by atoms with van der Waals surface area (Å²) in [7, 11) is -3.21. The van der Waals surface area contributed by atoms with E-state index in [1.165, 1.54) is 6.08 Å². The van der Waals surface area contributed by atoms with Gasteiger partial charge in [-0.15, -0.1) is 6.58 Å². The number of aromatic nitrogens is 2. The largest absolute Gasteiger partial charge is 0.265 e. The molecule has 2 rings (SSSR count). The maximum Gasteiger partial charge on any atom is 0.215 e. The lowest BCUT2D eigenvalue weighted by Crippen LogP contribution is -2.27. The van der Waals surface area contributed by atoms with Gasteiger partial charge >= 0.3 is 0 Å². The first kappa shape index (κ1) is 13.8. The van der Waals surface area contributed by atoms with Crippen molar-refractivity contribution >= 4 is 20.9 Å². The van der Waals surface area contributed by atoms with Gasteiger partial charge in [-0.25, -0.2) is 13.1 Å². The molecule has 5 nitrogen and oxygen atoms in total. The van der Waals surface area contributed by atoms with Crippen LogP contribution in [0.25, 0.3) is 10.9 Å². The molecule has 0 aliphatic heterocycles. The van der Waals surface area contributed by atoms with Gasteiger partial charge in [0, 0.05) is 18.5 Å². The molecule has 0 saturated heterocycles. The first-order valence-corrected chi connectivity index (χ1v) is 7.76. The van der Waals surface area contributed by atoms with Gasteiger partial charge in [-0.3, -0.25) is 4.68 Å². The van der Waals surface area contributed by atoms with Crippen molar-refractivity contribution in [1.29, 1.82) is 0 Å². The van der Waals surface area contributed by atoms with Crippen molar-refractivity contribution in [3.8, 4) is 0 Å². The molecule has 1 aromatic carbocycles. The zero-order chi connectivity index (χ0) is 13.7. The number of para-hydroxylation sites is 1. The lowest BCUT2D eigenvalue weighted by Gasteiger charge is -2.05. The van der Waals surface area contributed by atoms with Gasteiger partial charge in [0.2, 0.25) is 10.0 Å².